The van der Waals surface area contributed by atoms with Crippen LogP contribution in [-0.4, -0.2) is 53.1 Å². The Balaban J connectivity index is 1.58. The number of amides is 1. The number of hydrogen-bond donors (Lipinski definition) is 0. The van der Waals surface area contributed by atoms with Crippen molar-refractivity contribution >= 4 is 48.7 Å². The summed E-state index contributed by atoms with van der Waals surface area (Å²) >= 11 is 1.34. The summed E-state index contributed by atoms with van der Waals surface area (Å²) in [5.74, 6) is -0.327. The van der Waals surface area contributed by atoms with Crippen LogP contribution < -0.4 is 0 Å². The summed E-state index contributed by atoms with van der Waals surface area (Å²) in [7, 11) is -1.41. The average Bonchev–Trinajstić information content (AvgIpc) is 3.60. The molecule has 1 amide bonds. The molecule has 0 unspecified atom stereocenters. The topological polar surface area (TPSA) is 94.4 Å². The number of oxazole rings is 1. The van der Waals surface area contributed by atoms with Gasteiger partial charge in [0.25, 0.3) is 0 Å². The fourth-order valence-corrected chi connectivity index (χ4v) is 7.90. The number of carbonyl (C=O) groups is 1. The first-order chi connectivity index (χ1) is 22.4. The predicted molar refractivity (Wildman–Crippen MR) is 186 cm³/mol. The van der Waals surface area contributed by atoms with Gasteiger partial charge in [0.05, 0.1) is 24.0 Å². The van der Waals surface area contributed by atoms with Gasteiger partial charge in [-0.25, -0.2) is 28.3 Å². The molecule has 13 heteroatoms. The lowest BCUT2D eigenvalue weighted by Crippen LogP contribution is -2.45. The van der Waals surface area contributed by atoms with Crippen LogP contribution in [0.25, 0.3) is 16.7 Å². The van der Waals surface area contributed by atoms with Crippen molar-refractivity contribution < 1.29 is 27.5 Å². The first-order valence-corrected chi connectivity index (χ1v) is 20.3. The van der Waals surface area contributed by atoms with Gasteiger partial charge in [-0.3, -0.25) is 9.98 Å². The molecular formula is C35H41F2N5O4SSi. The third-order valence-corrected chi connectivity index (χ3v) is 11.4. The molecule has 3 atom stereocenters. The van der Waals surface area contributed by atoms with Crippen molar-refractivity contribution in [1.29, 1.82) is 0 Å². The molecule has 2 aliphatic rings. The molecule has 0 spiro atoms. The van der Waals surface area contributed by atoms with Gasteiger partial charge < -0.3 is 13.9 Å². The smallest absolute Gasteiger partial charge is 0.418 e. The number of aliphatic imine (C=N–C) groups is 1. The highest BCUT2D eigenvalue weighted by Gasteiger charge is 2.71. The van der Waals surface area contributed by atoms with Crippen LogP contribution in [0.3, 0.4) is 0 Å². The van der Waals surface area contributed by atoms with Crippen molar-refractivity contribution in [2.24, 2.45) is 10.9 Å². The number of amidine groups is 1. The van der Waals surface area contributed by atoms with E-state index in [1.165, 1.54) is 53.2 Å². The van der Waals surface area contributed by atoms with Gasteiger partial charge in [-0.2, -0.15) is 0 Å². The first-order valence-electron chi connectivity index (χ1n) is 15.8. The zero-order valence-electron chi connectivity index (χ0n) is 28.6. The second-order valence-corrected chi connectivity index (χ2v) is 21.5. The second-order valence-electron chi connectivity index (χ2n) is 14.6. The van der Waals surface area contributed by atoms with E-state index >= 15 is 8.78 Å². The molecule has 1 saturated carbocycles. The van der Waals surface area contributed by atoms with Crippen LogP contribution in [0.1, 0.15) is 62.6 Å². The van der Waals surface area contributed by atoms with Gasteiger partial charge >= 0.3 is 6.09 Å². The lowest BCUT2D eigenvalue weighted by Gasteiger charge is -2.37. The fourth-order valence-electron chi connectivity index (χ4n) is 5.54. The summed E-state index contributed by atoms with van der Waals surface area (Å²) in [5.41, 5.74) is -1.02. The van der Waals surface area contributed by atoms with Gasteiger partial charge in [-0.15, -0.1) is 0 Å². The number of aromatic nitrogens is 2. The molecule has 5 rings (SSSR count). The molecule has 1 aliphatic carbocycles. The van der Waals surface area contributed by atoms with E-state index in [-0.39, 0.29) is 23.9 Å². The number of pyridine rings is 1. The Bertz CT molecular complexity index is 1790. The summed E-state index contributed by atoms with van der Waals surface area (Å²) in [5, 5.41) is 0.292. The summed E-state index contributed by atoms with van der Waals surface area (Å²) in [4.78, 5) is 32.1. The van der Waals surface area contributed by atoms with E-state index in [1.807, 2.05) is 6.92 Å². The van der Waals surface area contributed by atoms with Crippen LogP contribution in [0.5, 0.6) is 0 Å². The highest BCUT2D eigenvalue weighted by molar-refractivity contribution is 8.14. The maximum absolute atomic E-state index is 15.9. The lowest BCUT2D eigenvalue weighted by atomic mass is 9.84. The minimum Gasteiger partial charge on any atom is -0.444 e. The molecule has 1 aliphatic heterocycles. The van der Waals surface area contributed by atoms with Gasteiger partial charge in [0, 0.05) is 32.4 Å². The number of nitrogens with zero attached hydrogens (tertiary/aromatic N) is 5. The Morgan fingerprint density at radius 1 is 1.23 bits per heavy atom. The largest absolute Gasteiger partial charge is 0.444 e. The van der Waals surface area contributed by atoms with Gasteiger partial charge in [0.1, 0.15) is 34.5 Å². The third-order valence-electron chi connectivity index (χ3n) is 8.19. The number of aryl methyl sites for hydroxylation is 1. The maximum atomic E-state index is 15.9. The molecular weight excluding hydrogens is 653 g/mol. The van der Waals surface area contributed by atoms with Gasteiger partial charge in [0.15, 0.2) is 5.17 Å². The average molecular weight is 694 g/mol. The highest BCUT2D eigenvalue weighted by atomic mass is 32.2. The lowest BCUT2D eigenvalue weighted by molar-refractivity contribution is 0.0110. The summed E-state index contributed by atoms with van der Waals surface area (Å²) in [6, 6.07) is 8.15. The number of halogens is 2. The van der Waals surface area contributed by atoms with E-state index in [1.54, 1.807) is 40.0 Å². The first kappa shape index (κ1) is 35.4. The van der Waals surface area contributed by atoms with Crippen molar-refractivity contribution in [2.45, 2.75) is 82.6 Å². The van der Waals surface area contributed by atoms with Crippen LogP contribution in [0.4, 0.5) is 19.3 Å². The van der Waals surface area contributed by atoms with Crippen LogP contribution >= 0.6 is 11.8 Å². The molecule has 2 aromatic heterocycles. The van der Waals surface area contributed by atoms with Gasteiger partial charge in [0.2, 0.25) is 11.6 Å². The van der Waals surface area contributed by atoms with Crippen LogP contribution in [0, 0.1) is 25.2 Å². The number of benzene rings is 1. The zero-order valence-corrected chi connectivity index (χ0v) is 30.4. The second kappa shape index (κ2) is 13.2. The van der Waals surface area contributed by atoms with E-state index in [0.717, 1.165) is 6.04 Å². The number of hydrogen-bond acceptors (Lipinski definition) is 8. The molecule has 0 saturated heterocycles. The van der Waals surface area contributed by atoms with Crippen molar-refractivity contribution in [3.8, 4) is 0 Å². The minimum atomic E-state index is -1.41. The Kier molecular flexibility index (Phi) is 9.76. The molecule has 48 heavy (non-hydrogen) atoms. The van der Waals surface area contributed by atoms with Gasteiger partial charge in [-0.05, 0) is 76.9 Å². The molecule has 3 heterocycles. The molecule has 0 radical (unpaired) electrons. The minimum absolute atomic E-state index is 0.0523. The molecule has 1 fully saturated rings. The molecule has 9 nitrogen and oxygen atoms in total. The van der Waals surface area contributed by atoms with Gasteiger partial charge in [-0.1, -0.05) is 43.5 Å². The van der Waals surface area contributed by atoms with E-state index < -0.39 is 41.7 Å². The van der Waals surface area contributed by atoms with Crippen LogP contribution in [-0.2, 0) is 19.8 Å². The highest BCUT2D eigenvalue weighted by Crippen LogP contribution is 2.71. The molecule has 0 bridgehead atoms. The molecule has 0 N–H and O–H groups in total. The molecule has 254 valence electrons. The predicted octanol–water partition coefficient (Wildman–Crippen LogP) is 9.32. The standard InChI is InChI=1S/C35H41F2N5O4SSi/c1-22-19-40-30(45-22)35-18-29(35)34(5,25-16-23(10-12-26(25)36)17-27(37)28-13-11-24(38-6)20-39-28)41-31(47-35)42(32(43)46-33(2,3)4)21-44-14-15-48(7,8)9/h10-13,16-17,19-20,29H,14-15,18,21H2,1-5,7-9H3/b27-17-/t29-,34+,35-/m0/s1. The van der Waals surface area contributed by atoms with Crippen LogP contribution in [0.15, 0.2) is 52.1 Å². The van der Waals surface area contributed by atoms with E-state index in [0.29, 0.717) is 41.1 Å². The molecule has 1 aromatic carbocycles. The number of thioether (sulfide) groups is 1. The number of ether oxygens (including phenoxy) is 2. The Morgan fingerprint density at radius 2 is 1.98 bits per heavy atom. The summed E-state index contributed by atoms with van der Waals surface area (Å²) in [6.07, 6.45) is 4.11. The molecule has 3 aromatic rings. The summed E-state index contributed by atoms with van der Waals surface area (Å²) in [6.45, 7) is 23.2. The normalized spacial score (nSPS) is 22.4. The van der Waals surface area contributed by atoms with Crippen molar-refractivity contribution in [3.05, 3.63) is 88.4 Å². The monoisotopic (exact) mass is 693 g/mol. The fraction of sp³-hybridized carbons (Fsp3) is 0.457. The Morgan fingerprint density at radius 3 is 2.58 bits per heavy atom. The van der Waals surface area contributed by atoms with E-state index in [4.69, 9.17) is 25.5 Å². The number of rotatable bonds is 9. The van der Waals surface area contributed by atoms with E-state index in [9.17, 15) is 4.79 Å². The van der Waals surface area contributed by atoms with E-state index in [2.05, 4.69) is 34.5 Å². The zero-order chi connectivity index (χ0) is 35.1. The third kappa shape index (κ3) is 7.72. The van der Waals surface area contributed by atoms with Crippen molar-refractivity contribution in [1.82, 2.24) is 14.9 Å². The Hall–Kier alpha value is -3.86. The quantitative estimate of drug-likeness (QED) is 0.0954. The number of fused-ring (bicyclic) bond motifs is 1. The van der Waals surface area contributed by atoms with Crippen LogP contribution in [0.2, 0.25) is 25.7 Å². The number of carbonyl (C=O) groups excluding carboxylic acids is 1. The maximum Gasteiger partial charge on any atom is 0.418 e. The Labute approximate surface area is 285 Å². The summed E-state index contributed by atoms with van der Waals surface area (Å²) < 4.78 is 48.4. The van der Waals surface area contributed by atoms with Crippen molar-refractivity contribution in [3.63, 3.8) is 0 Å². The SMILES string of the molecule is [C-]#[N+]c1ccc(/C(F)=C/c2ccc(F)c([C@@]3(C)N=C(N(COCC[Si](C)(C)C)C(=O)OC(C)(C)C)S[C@@]4(c5ncc(C)o5)C[C@@H]34)c2)nc1. The van der Waals surface area contributed by atoms with Crippen molar-refractivity contribution in [2.75, 3.05) is 13.3 Å².